The van der Waals surface area contributed by atoms with Gasteiger partial charge >= 0.3 is 0 Å². The van der Waals surface area contributed by atoms with Gasteiger partial charge in [-0.05, 0) is 18.9 Å². The van der Waals surface area contributed by atoms with Crippen LogP contribution in [-0.2, 0) is 18.4 Å². The first-order chi connectivity index (χ1) is 8.08. The van der Waals surface area contributed by atoms with E-state index in [1.165, 1.54) is 0 Å². The summed E-state index contributed by atoms with van der Waals surface area (Å²) in [6.07, 6.45) is 3.05. The summed E-state index contributed by atoms with van der Waals surface area (Å²) in [7, 11) is 1.81. The van der Waals surface area contributed by atoms with Crippen LogP contribution in [0.5, 0.6) is 0 Å². The predicted molar refractivity (Wildman–Crippen MR) is 60.1 cm³/mol. The first kappa shape index (κ1) is 11.4. The molecule has 1 aliphatic rings. The molecule has 0 spiro atoms. The Morgan fingerprint density at radius 2 is 2.47 bits per heavy atom. The van der Waals surface area contributed by atoms with Crippen LogP contribution in [0.1, 0.15) is 18.5 Å². The van der Waals surface area contributed by atoms with Crippen LogP contribution in [0, 0.1) is 5.41 Å². The monoisotopic (exact) mass is 237 g/mol. The molecule has 92 valence electrons. The molecule has 0 atom stereocenters. The van der Waals surface area contributed by atoms with Crippen molar-refractivity contribution in [3.05, 3.63) is 18.0 Å². The van der Waals surface area contributed by atoms with Crippen molar-refractivity contribution in [2.45, 2.75) is 19.4 Å². The number of rotatable bonds is 4. The number of carbonyl (C=O) groups excluding carboxylic acids is 1. The fourth-order valence-corrected chi connectivity index (χ4v) is 1.72. The van der Waals surface area contributed by atoms with E-state index in [9.17, 15) is 4.79 Å². The normalized spacial score (nSPS) is 17.8. The molecule has 0 radical (unpaired) electrons. The number of nitrogens with one attached hydrogen (secondary N) is 1. The van der Waals surface area contributed by atoms with Crippen molar-refractivity contribution in [1.29, 1.82) is 0 Å². The summed E-state index contributed by atoms with van der Waals surface area (Å²) in [6.45, 7) is 0.347. The van der Waals surface area contributed by atoms with Crippen molar-refractivity contribution in [1.82, 2.24) is 15.1 Å². The van der Waals surface area contributed by atoms with E-state index >= 15 is 0 Å². The summed E-state index contributed by atoms with van der Waals surface area (Å²) >= 11 is 0. The van der Waals surface area contributed by atoms with E-state index in [1.54, 1.807) is 10.9 Å². The summed E-state index contributed by atoms with van der Waals surface area (Å²) in [4.78, 5) is 11.9. The molecule has 0 aromatic carbocycles. The van der Waals surface area contributed by atoms with Crippen molar-refractivity contribution < 1.29 is 10.0 Å². The Labute approximate surface area is 98.3 Å². The lowest BCUT2D eigenvalue weighted by Gasteiger charge is -2.12. The number of oxime groups is 1. The molecule has 7 nitrogen and oxygen atoms in total. The van der Waals surface area contributed by atoms with Gasteiger partial charge in [0.05, 0.1) is 12.2 Å². The molecule has 1 aliphatic carbocycles. The predicted octanol–water partition coefficient (Wildman–Crippen LogP) is -0.437. The Balaban J connectivity index is 1.94. The van der Waals surface area contributed by atoms with E-state index in [0.717, 1.165) is 5.69 Å². The first-order valence-electron chi connectivity index (χ1n) is 5.33. The minimum atomic E-state index is -0.802. The topological polar surface area (TPSA) is 106 Å². The highest BCUT2D eigenvalue weighted by atomic mass is 16.4. The van der Waals surface area contributed by atoms with Gasteiger partial charge in [-0.2, -0.15) is 5.10 Å². The molecule has 0 bridgehead atoms. The number of nitrogens with zero attached hydrogens (tertiary/aromatic N) is 3. The Morgan fingerprint density at radius 1 is 1.76 bits per heavy atom. The van der Waals surface area contributed by atoms with Crippen LogP contribution in [0.4, 0.5) is 0 Å². The van der Waals surface area contributed by atoms with Gasteiger partial charge in [-0.15, -0.1) is 0 Å². The third-order valence-corrected chi connectivity index (χ3v) is 2.98. The molecule has 1 aromatic rings. The number of hydrogen-bond acceptors (Lipinski definition) is 4. The van der Waals surface area contributed by atoms with Gasteiger partial charge in [0.2, 0.25) is 5.91 Å². The van der Waals surface area contributed by atoms with Gasteiger partial charge in [-0.3, -0.25) is 9.48 Å². The number of aryl methyl sites for hydroxylation is 1. The molecule has 1 amide bonds. The fraction of sp³-hybridized carbons (Fsp3) is 0.500. The van der Waals surface area contributed by atoms with Crippen LogP contribution in [0.3, 0.4) is 0 Å². The molecular formula is C10H15N5O2. The average molecular weight is 237 g/mol. The standard InChI is InChI=1S/C10H15N5O2/c1-15-5-2-7(13-15)6-12-9(16)10(3-4-10)8(11)14-17/h2,5,17H,3-4,6H2,1H3,(H2,11,14)(H,12,16). The fourth-order valence-electron chi connectivity index (χ4n) is 1.72. The average Bonchev–Trinajstić information content (AvgIpc) is 3.04. The van der Waals surface area contributed by atoms with Crippen molar-refractivity contribution >= 4 is 11.7 Å². The molecule has 7 heteroatoms. The Hall–Kier alpha value is -2.05. The van der Waals surface area contributed by atoms with Gasteiger partial charge in [0.25, 0.3) is 0 Å². The maximum Gasteiger partial charge on any atom is 0.234 e. The molecule has 0 saturated heterocycles. The van der Waals surface area contributed by atoms with Crippen LogP contribution in [0.25, 0.3) is 0 Å². The highest BCUT2D eigenvalue weighted by Gasteiger charge is 2.54. The number of aromatic nitrogens is 2. The zero-order chi connectivity index (χ0) is 12.5. The Kier molecular flexibility index (Phi) is 2.74. The van der Waals surface area contributed by atoms with Crippen LogP contribution < -0.4 is 11.1 Å². The molecule has 1 heterocycles. The van der Waals surface area contributed by atoms with Crippen molar-refractivity contribution in [2.75, 3.05) is 0 Å². The summed E-state index contributed by atoms with van der Waals surface area (Å²) in [5, 5.41) is 18.4. The zero-order valence-electron chi connectivity index (χ0n) is 9.55. The van der Waals surface area contributed by atoms with Crippen molar-refractivity contribution in [3.63, 3.8) is 0 Å². The molecule has 1 saturated carbocycles. The van der Waals surface area contributed by atoms with Crippen LogP contribution >= 0.6 is 0 Å². The van der Waals surface area contributed by atoms with Crippen LogP contribution in [-0.4, -0.2) is 26.7 Å². The number of nitrogens with two attached hydrogens (primary N) is 1. The highest BCUT2D eigenvalue weighted by molar-refractivity contribution is 6.09. The molecule has 1 aromatic heterocycles. The zero-order valence-corrected chi connectivity index (χ0v) is 9.55. The highest BCUT2D eigenvalue weighted by Crippen LogP contribution is 2.46. The van der Waals surface area contributed by atoms with Crippen molar-refractivity contribution in [2.24, 2.45) is 23.4 Å². The second kappa shape index (κ2) is 4.08. The SMILES string of the molecule is Cn1ccc(CNC(=O)C2(/C(N)=N/O)CC2)n1. The third kappa shape index (κ3) is 2.08. The van der Waals surface area contributed by atoms with Crippen molar-refractivity contribution in [3.8, 4) is 0 Å². The molecular weight excluding hydrogens is 222 g/mol. The molecule has 2 rings (SSSR count). The van der Waals surface area contributed by atoms with Crippen LogP contribution in [0.15, 0.2) is 17.4 Å². The molecule has 0 unspecified atom stereocenters. The van der Waals surface area contributed by atoms with Crippen LogP contribution in [0.2, 0.25) is 0 Å². The molecule has 0 aliphatic heterocycles. The number of carbonyl (C=O) groups is 1. The number of hydrogen-bond donors (Lipinski definition) is 3. The molecule has 1 fully saturated rings. The lowest BCUT2D eigenvalue weighted by Crippen LogP contribution is -2.40. The van der Waals surface area contributed by atoms with Gasteiger partial charge in [-0.25, -0.2) is 0 Å². The largest absolute Gasteiger partial charge is 0.409 e. The van der Waals surface area contributed by atoms with E-state index in [1.807, 2.05) is 13.1 Å². The number of amides is 1. The van der Waals surface area contributed by atoms with Gasteiger partial charge in [0.15, 0.2) is 5.84 Å². The Morgan fingerprint density at radius 3 is 2.94 bits per heavy atom. The van der Waals surface area contributed by atoms with E-state index < -0.39 is 5.41 Å². The Bertz CT molecular complexity index is 461. The van der Waals surface area contributed by atoms with E-state index in [0.29, 0.717) is 19.4 Å². The summed E-state index contributed by atoms with van der Waals surface area (Å²) in [5.74, 6) is -0.227. The van der Waals surface area contributed by atoms with Gasteiger partial charge < -0.3 is 16.3 Å². The molecule has 4 N–H and O–H groups in total. The number of amidine groups is 1. The van der Waals surface area contributed by atoms with E-state index in [2.05, 4.69) is 15.6 Å². The van der Waals surface area contributed by atoms with Gasteiger partial charge in [0, 0.05) is 13.2 Å². The third-order valence-electron chi connectivity index (χ3n) is 2.98. The van der Waals surface area contributed by atoms with E-state index in [-0.39, 0.29) is 11.7 Å². The maximum absolute atomic E-state index is 11.9. The molecule has 17 heavy (non-hydrogen) atoms. The first-order valence-corrected chi connectivity index (χ1v) is 5.33. The summed E-state index contributed by atoms with van der Waals surface area (Å²) in [5.41, 5.74) is 5.48. The second-order valence-electron chi connectivity index (χ2n) is 4.23. The lowest BCUT2D eigenvalue weighted by atomic mass is 10.1. The quantitative estimate of drug-likeness (QED) is 0.286. The minimum Gasteiger partial charge on any atom is -0.409 e. The maximum atomic E-state index is 11.9. The summed E-state index contributed by atoms with van der Waals surface area (Å²) < 4.78 is 1.66. The van der Waals surface area contributed by atoms with Gasteiger partial charge in [-0.1, -0.05) is 5.16 Å². The lowest BCUT2D eigenvalue weighted by molar-refractivity contribution is -0.124. The smallest absolute Gasteiger partial charge is 0.234 e. The minimum absolute atomic E-state index is 0.0176. The van der Waals surface area contributed by atoms with Gasteiger partial charge in [0.1, 0.15) is 5.41 Å². The summed E-state index contributed by atoms with van der Waals surface area (Å²) in [6, 6.07) is 1.82. The second-order valence-corrected chi connectivity index (χ2v) is 4.23. The van der Waals surface area contributed by atoms with E-state index in [4.69, 9.17) is 10.9 Å².